The molecule has 1 fully saturated rings. The van der Waals surface area contributed by atoms with Gasteiger partial charge in [0.25, 0.3) is 0 Å². The average molecular weight is 287 g/mol. The summed E-state index contributed by atoms with van der Waals surface area (Å²) in [4.78, 5) is 2.21. The van der Waals surface area contributed by atoms with Crippen molar-refractivity contribution in [2.24, 2.45) is 5.73 Å². The normalized spacial score (nSPS) is 19.8. The van der Waals surface area contributed by atoms with E-state index in [9.17, 15) is 4.39 Å². The molecular formula is C12H16BrFN2. The molecule has 0 unspecified atom stereocenters. The lowest BCUT2D eigenvalue weighted by molar-refractivity contribution is 0.135. The Bertz CT molecular complexity index is 362. The van der Waals surface area contributed by atoms with E-state index in [1.807, 2.05) is 18.2 Å². The highest BCUT2D eigenvalue weighted by Crippen LogP contribution is 2.32. The van der Waals surface area contributed by atoms with Gasteiger partial charge in [-0.25, -0.2) is 4.39 Å². The molecule has 0 saturated carbocycles. The largest absolute Gasteiger partial charge is 0.370 e. The van der Waals surface area contributed by atoms with Gasteiger partial charge in [0, 0.05) is 36.9 Å². The van der Waals surface area contributed by atoms with Crippen LogP contribution in [0.3, 0.4) is 0 Å². The van der Waals surface area contributed by atoms with E-state index in [1.165, 1.54) is 0 Å². The zero-order valence-corrected chi connectivity index (χ0v) is 10.7. The van der Waals surface area contributed by atoms with Crippen LogP contribution in [0.2, 0.25) is 0 Å². The number of nitrogens with zero attached hydrogens (tertiary/aromatic N) is 1. The Morgan fingerprint density at radius 2 is 1.94 bits per heavy atom. The molecule has 2 rings (SSSR count). The maximum Gasteiger partial charge on any atom is 0.126 e. The van der Waals surface area contributed by atoms with E-state index >= 15 is 0 Å². The second-order valence-corrected chi connectivity index (χ2v) is 5.15. The first-order chi connectivity index (χ1) is 7.64. The average Bonchev–Trinajstić information content (AvgIpc) is 2.31. The van der Waals surface area contributed by atoms with Crippen LogP contribution < -0.4 is 10.6 Å². The Morgan fingerprint density at radius 1 is 1.31 bits per heavy atom. The molecule has 16 heavy (non-hydrogen) atoms. The second kappa shape index (κ2) is 4.72. The summed E-state index contributed by atoms with van der Waals surface area (Å²) in [6.45, 7) is 1.60. The van der Waals surface area contributed by atoms with E-state index in [0.29, 0.717) is 12.8 Å². The minimum atomic E-state index is -1.16. The molecule has 88 valence electrons. The number of hydrogen-bond donors (Lipinski definition) is 1. The minimum absolute atomic E-state index is 0.136. The van der Waals surface area contributed by atoms with Crippen LogP contribution in [0.5, 0.6) is 0 Å². The van der Waals surface area contributed by atoms with Gasteiger partial charge in [-0.15, -0.1) is 0 Å². The predicted molar refractivity (Wildman–Crippen MR) is 68.5 cm³/mol. The highest BCUT2D eigenvalue weighted by Gasteiger charge is 2.33. The molecule has 0 atom stereocenters. The van der Waals surface area contributed by atoms with Crippen molar-refractivity contribution in [3.63, 3.8) is 0 Å². The standard InChI is InChI=1S/C12H16BrFN2/c13-10-3-1-2-4-11(10)16-7-5-12(14,9-15)6-8-16/h1-4H,5-9,15H2. The SMILES string of the molecule is NCC1(F)CCN(c2ccccc2Br)CC1. The number of alkyl halides is 1. The van der Waals surface area contributed by atoms with Crippen LogP contribution in [0.1, 0.15) is 12.8 Å². The maximum absolute atomic E-state index is 13.9. The Morgan fingerprint density at radius 3 is 2.50 bits per heavy atom. The molecule has 4 heteroatoms. The molecule has 1 heterocycles. The summed E-state index contributed by atoms with van der Waals surface area (Å²) >= 11 is 3.52. The molecule has 1 aromatic rings. The van der Waals surface area contributed by atoms with Gasteiger partial charge in [0.1, 0.15) is 5.67 Å². The number of hydrogen-bond acceptors (Lipinski definition) is 2. The first-order valence-electron chi connectivity index (χ1n) is 5.53. The first-order valence-corrected chi connectivity index (χ1v) is 6.32. The second-order valence-electron chi connectivity index (χ2n) is 4.29. The highest BCUT2D eigenvalue weighted by molar-refractivity contribution is 9.10. The van der Waals surface area contributed by atoms with Crippen molar-refractivity contribution in [3.8, 4) is 0 Å². The number of para-hydroxylation sites is 1. The molecule has 0 amide bonds. The number of anilines is 1. The number of rotatable bonds is 2. The van der Waals surface area contributed by atoms with E-state index in [4.69, 9.17) is 5.73 Å². The molecule has 1 aliphatic rings. The van der Waals surface area contributed by atoms with E-state index in [-0.39, 0.29) is 6.54 Å². The van der Waals surface area contributed by atoms with Crippen molar-refractivity contribution in [1.29, 1.82) is 0 Å². The van der Waals surface area contributed by atoms with Crippen LogP contribution in [0.15, 0.2) is 28.7 Å². The molecule has 0 spiro atoms. The summed E-state index contributed by atoms with van der Waals surface area (Å²) < 4.78 is 15.0. The van der Waals surface area contributed by atoms with E-state index in [1.54, 1.807) is 0 Å². The Labute approximate surface area is 104 Å². The van der Waals surface area contributed by atoms with Crippen molar-refractivity contribution in [2.45, 2.75) is 18.5 Å². The third-order valence-corrected chi connectivity index (χ3v) is 3.89. The van der Waals surface area contributed by atoms with Crippen LogP contribution in [-0.2, 0) is 0 Å². The zero-order valence-electron chi connectivity index (χ0n) is 9.13. The van der Waals surface area contributed by atoms with Gasteiger partial charge in [-0.05, 0) is 28.1 Å². The van der Waals surface area contributed by atoms with Crippen molar-refractivity contribution in [3.05, 3.63) is 28.7 Å². The van der Waals surface area contributed by atoms with Crippen LogP contribution in [0.25, 0.3) is 0 Å². The van der Waals surface area contributed by atoms with Crippen LogP contribution >= 0.6 is 15.9 Å². The quantitative estimate of drug-likeness (QED) is 0.906. The lowest BCUT2D eigenvalue weighted by Crippen LogP contribution is -2.46. The molecule has 1 aromatic carbocycles. The molecule has 0 aromatic heterocycles. The maximum atomic E-state index is 13.9. The van der Waals surface area contributed by atoms with Gasteiger partial charge in [0.2, 0.25) is 0 Å². The molecule has 0 bridgehead atoms. The number of benzene rings is 1. The van der Waals surface area contributed by atoms with Gasteiger partial charge in [0.05, 0.1) is 5.69 Å². The summed E-state index contributed by atoms with van der Waals surface area (Å²) in [5.41, 5.74) is 5.43. The number of halogens is 2. The molecule has 0 aliphatic carbocycles. The lowest BCUT2D eigenvalue weighted by atomic mass is 9.93. The lowest BCUT2D eigenvalue weighted by Gasteiger charge is -2.37. The van der Waals surface area contributed by atoms with E-state index in [0.717, 1.165) is 23.2 Å². The van der Waals surface area contributed by atoms with Crippen LogP contribution in [0.4, 0.5) is 10.1 Å². The first kappa shape index (κ1) is 11.9. The van der Waals surface area contributed by atoms with Crippen molar-refractivity contribution >= 4 is 21.6 Å². The third-order valence-electron chi connectivity index (χ3n) is 3.22. The monoisotopic (exact) mass is 286 g/mol. The van der Waals surface area contributed by atoms with Gasteiger partial charge >= 0.3 is 0 Å². The Balaban J connectivity index is 2.07. The fraction of sp³-hybridized carbons (Fsp3) is 0.500. The topological polar surface area (TPSA) is 29.3 Å². The van der Waals surface area contributed by atoms with Crippen molar-refractivity contribution in [1.82, 2.24) is 0 Å². The fourth-order valence-electron chi connectivity index (χ4n) is 2.06. The van der Waals surface area contributed by atoms with Gasteiger partial charge in [0.15, 0.2) is 0 Å². The number of nitrogens with two attached hydrogens (primary N) is 1. The molecule has 2 nitrogen and oxygen atoms in total. The molecule has 2 N–H and O–H groups in total. The minimum Gasteiger partial charge on any atom is -0.370 e. The fourth-order valence-corrected chi connectivity index (χ4v) is 2.60. The van der Waals surface area contributed by atoms with Gasteiger partial charge in [-0.1, -0.05) is 12.1 Å². The molecule has 1 saturated heterocycles. The smallest absolute Gasteiger partial charge is 0.126 e. The van der Waals surface area contributed by atoms with E-state index in [2.05, 4.69) is 26.9 Å². The molecular weight excluding hydrogens is 271 g/mol. The highest BCUT2D eigenvalue weighted by atomic mass is 79.9. The summed E-state index contributed by atoms with van der Waals surface area (Å²) in [5.74, 6) is 0. The number of piperidine rings is 1. The summed E-state index contributed by atoms with van der Waals surface area (Å²) in [7, 11) is 0. The van der Waals surface area contributed by atoms with E-state index < -0.39 is 5.67 Å². The summed E-state index contributed by atoms with van der Waals surface area (Å²) in [6, 6.07) is 8.05. The Hall–Kier alpha value is -0.610. The zero-order chi connectivity index (χ0) is 11.6. The van der Waals surface area contributed by atoms with Crippen molar-refractivity contribution < 1.29 is 4.39 Å². The summed E-state index contributed by atoms with van der Waals surface area (Å²) in [5, 5.41) is 0. The van der Waals surface area contributed by atoms with Gasteiger partial charge in [-0.3, -0.25) is 0 Å². The van der Waals surface area contributed by atoms with Gasteiger partial charge in [-0.2, -0.15) is 0 Å². The summed E-state index contributed by atoms with van der Waals surface area (Å²) in [6.07, 6.45) is 1.04. The Kier molecular flexibility index (Phi) is 3.50. The van der Waals surface area contributed by atoms with Crippen LogP contribution in [-0.4, -0.2) is 25.3 Å². The molecule has 1 aliphatic heterocycles. The molecule has 0 radical (unpaired) electrons. The predicted octanol–water partition coefficient (Wildman–Crippen LogP) is 2.72. The van der Waals surface area contributed by atoms with Crippen LogP contribution in [0, 0.1) is 0 Å². The van der Waals surface area contributed by atoms with Crippen molar-refractivity contribution in [2.75, 3.05) is 24.5 Å². The third kappa shape index (κ3) is 2.38. The van der Waals surface area contributed by atoms with Gasteiger partial charge < -0.3 is 10.6 Å².